The highest BCUT2D eigenvalue weighted by atomic mass is 32.2. The van der Waals surface area contributed by atoms with Gasteiger partial charge in [0.2, 0.25) is 10.0 Å². The van der Waals surface area contributed by atoms with Gasteiger partial charge in [0.1, 0.15) is 5.76 Å². The van der Waals surface area contributed by atoms with Gasteiger partial charge in [0.15, 0.2) is 5.13 Å². The lowest BCUT2D eigenvalue weighted by atomic mass is 9.96. The molecule has 2 aromatic carbocycles. The number of amides is 1. The predicted molar refractivity (Wildman–Crippen MR) is 137 cm³/mol. The molecule has 0 saturated heterocycles. The van der Waals surface area contributed by atoms with Gasteiger partial charge >= 0.3 is 0 Å². The number of fused-ring (bicyclic) bond motifs is 1. The lowest BCUT2D eigenvalue weighted by Crippen LogP contribution is -2.38. The zero-order valence-electron chi connectivity index (χ0n) is 19.5. The molecule has 1 aliphatic rings. The minimum absolute atomic E-state index is 0.0258. The van der Waals surface area contributed by atoms with Crippen LogP contribution in [0.4, 0.5) is 5.13 Å². The van der Waals surface area contributed by atoms with Gasteiger partial charge in [-0.2, -0.15) is 4.31 Å². The van der Waals surface area contributed by atoms with E-state index in [0.29, 0.717) is 16.5 Å². The SMILES string of the molecule is CN(C1CCCCC1)S(=O)(=O)c1ccc(C(=O)N(Cc2ccco2)c2nc3ccccc3s2)cc1. The van der Waals surface area contributed by atoms with Crippen molar-refractivity contribution in [2.45, 2.75) is 49.6 Å². The van der Waals surface area contributed by atoms with Crippen molar-refractivity contribution in [2.75, 3.05) is 11.9 Å². The summed E-state index contributed by atoms with van der Waals surface area (Å²) < 4.78 is 34.3. The number of nitrogens with zero attached hydrogens (tertiary/aromatic N) is 3. The maximum Gasteiger partial charge on any atom is 0.260 e. The highest BCUT2D eigenvalue weighted by Gasteiger charge is 2.29. The number of sulfonamides is 1. The smallest absolute Gasteiger partial charge is 0.260 e. The molecule has 0 radical (unpaired) electrons. The van der Waals surface area contributed by atoms with Gasteiger partial charge < -0.3 is 4.42 Å². The minimum Gasteiger partial charge on any atom is -0.467 e. The molecular formula is C26H27N3O4S2. The zero-order chi connectivity index (χ0) is 24.4. The molecule has 182 valence electrons. The van der Waals surface area contributed by atoms with Crippen molar-refractivity contribution in [1.29, 1.82) is 0 Å². The number of carbonyl (C=O) groups excluding carboxylic acids is 1. The third kappa shape index (κ3) is 4.89. The average molecular weight is 510 g/mol. The maximum atomic E-state index is 13.6. The molecule has 9 heteroatoms. The van der Waals surface area contributed by atoms with Crippen LogP contribution in [0.3, 0.4) is 0 Å². The van der Waals surface area contributed by atoms with E-state index >= 15 is 0 Å². The fraction of sp³-hybridized carbons (Fsp3) is 0.308. The lowest BCUT2D eigenvalue weighted by molar-refractivity contribution is 0.0983. The molecule has 0 unspecified atom stereocenters. The Morgan fingerprint density at radius 2 is 1.77 bits per heavy atom. The fourth-order valence-electron chi connectivity index (χ4n) is 4.49. The third-order valence-corrected chi connectivity index (χ3v) is 9.50. The monoisotopic (exact) mass is 509 g/mol. The molecule has 7 nitrogen and oxygen atoms in total. The van der Waals surface area contributed by atoms with Crippen LogP contribution in [-0.4, -0.2) is 36.7 Å². The lowest BCUT2D eigenvalue weighted by Gasteiger charge is -2.30. The van der Waals surface area contributed by atoms with Crippen molar-refractivity contribution in [1.82, 2.24) is 9.29 Å². The van der Waals surface area contributed by atoms with Gasteiger partial charge in [-0.25, -0.2) is 13.4 Å². The Morgan fingerprint density at radius 1 is 1.03 bits per heavy atom. The predicted octanol–water partition coefficient (Wildman–Crippen LogP) is 5.69. The van der Waals surface area contributed by atoms with Crippen LogP contribution in [0.25, 0.3) is 10.2 Å². The molecule has 1 aliphatic carbocycles. The first-order valence-electron chi connectivity index (χ1n) is 11.7. The van der Waals surface area contributed by atoms with Gasteiger partial charge in [0.25, 0.3) is 5.91 Å². The fourth-order valence-corrected chi connectivity index (χ4v) is 6.87. The maximum absolute atomic E-state index is 13.6. The molecule has 5 rings (SSSR count). The van der Waals surface area contributed by atoms with Crippen molar-refractivity contribution in [3.8, 4) is 0 Å². The number of rotatable bonds is 7. The Labute approximate surface area is 209 Å². The second-order valence-corrected chi connectivity index (χ2v) is 11.8. The first-order valence-corrected chi connectivity index (χ1v) is 14.0. The van der Waals surface area contributed by atoms with Crippen molar-refractivity contribution >= 4 is 42.6 Å². The topological polar surface area (TPSA) is 83.7 Å². The summed E-state index contributed by atoms with van der Waals surface area (Å²) in [4.78, 5) is 20.0. The largest absolute Gasteiger partial charge is 0.467 e. The second-order valence-electron chi connectivity index (χ2n) is 8.77. The Balaban J connectivity index is 1.42. The molecule has 2 aromatic heterocycles. The molecule has 35 heavy (non-hydrogen) atoms. The minimum atomic E-state index is -3.63. The van der Waals surface area contributed by atoms with E-state index in [1.54, 1.807) is 36.4 Å². The van der Waals surface area contributed by atoms with E-state index in [2.05, 4.69) is 4.98 Å². The van der Waals surface area contributed by atoms with Gasteiger partial charge in [-0.1, -0.05) is 42.7 Å². The number of hydrogen-bond acceptors (Lipinski definition) is 6. The van der Waals surface area contributed by atoms with E-state index in [4.69, 9.17) is 4.42 Å². The molecule has 0 spiro atoms. The number of para-hydroxylation sites is 1. The first-order chi connectivity index (χ1) is 16.9. The summed E-state index contributed by atoms with van der Waals surface area (Å²) >= 11 is 1.43. The summed E-state index contributed by atoms with van der Waals surface area (Å²) in [5.74, 6) is 0.357. The van der Waals surface area contributed by atoms with Gasteiger partial charge in [-0.05, 0) is 61.4 Å². The summed E-state index contributed by atoms with van der Waals surface area (Å²) in [7, 11) is -1.97. The zero-order valence-corrected chi connectivity index (χ0v) is 21.1. The molecule has 0 N–H and O–H groups in total. The molecule has 2 heterocycles. The Morgan fingerprint density at radius 3 is 2.46 bits per heavy atom. The second kappa shape index (κ2) is 9.93. The van der Waals surface area contributed by atoms with Crippen molar-refractivity contribution < 1.29 is 17.6 Å². The highest BCUT2D eigenvalue weighted by molar-refractivity contribution is 7.89. The van der Waals surface area contributed by atoms with Crippen LogP contribution in [0.1, 0.15) is 48.2 Å². The highest BCUT2D eigenvalue weighted by Crippen LogP contribution is 2.31. The number of carbonyl (C=O) groups is 1. The quantitative estimate of drug-likeness (QED) is 0.320. The van der Waals surface area contributed by atoms with E-state index < -0.39 is 10.0 Å². The Kier molecular flexibility index (Phi) is 6.73. The number of anilines is 1. The summed E-state index contributed by atoms with van der Waals surface area (Å²) in [6.07, 6.45) is 6.60. The number of hydrogen-bond donors (Lipinski definition) is 0. The van der Waals surface area contributed by atoms with Crippen LogP contribution < -0.4 is 4.90 Å². The van der Waals surface area contributed by atoms with Crippen LogP contribution in [0.2, 0.25) is 0 Å². The molecule has 1 saturated carbocycles. The van der Waals surface area contributed by atoms with Gasteiger partial charge in [0.05, 0.1) is 27.9 Å². The molecule has 0 atom stereocenters. The first kappa shape index (κ1) is 23.7. The van der Waals surface area contributed by atoms with E-state index in [-0.39, 0.29) is 23.4 Å². The van der Waals surface area contributed by atoms with Crippen LogP contribution in [0, 0.1) is 0 Å². The van der Waals surface area contributed by atoms with Gasteiger partial charge in [-0.15, -0.1) is 0 Å². The van der Waals surface area contributed by atoms with Crippen LogP contribution in [0.15, 0.2) is 76.2 Å². The van der Waals surface area contributed by atoms with Crippen molar-refractivity contribution in [2.24, 2.45) is 0 Å². The van der Waals surface area contributed by atoms with Gasteiger partial charge in [-0.3, -0.25) is 9.69 Å². The molecule has 0 aliphatic heterocycles. The normalized spacial score (nSPS) is 15.0. The Bertz CT molecular complexity index is 1370. The number of aromatic nitrogens is 1. The van der Waals surface area contributed by atoms with Crippen LogP contribution in [-0.2, 0) is 16.6 Å². The molecule has 4 aromatic rings. The number of benzene rings is 2. The van der Waals surface area contributed by atoms with E-state index in [1.165, 1.54) is 27.8 Å². The molecular weight excluding hydrogens is 482 g/mol. The summed E-state index contributed by atoms with van der Waals surface area (Å²) in [6, 6.07) is 17.5. The van der Waals surface area contributed by atoms with E-state index in [0.717, 1.165) is 42.3 Å². The van der Waals surface area contributed by atoms with Crippen molar-refractivity contribution in [3.63, 3.8) is 0 Å². The third-order valence-electron chi connectivity index (χ3n) is 6.52. The summed E-state index contributed by atoms with van der Waals surface area (Å²) in [5, 5.41) is 0.557. The molecule has 1 fully saturated rings. The molecule has 0 bridgehead atoms. The standard InChI is InChI=1S/C26H27N3O4S2/c1-28(20-8-3-2-4-9-20)35(31,32)22-15-13-19(14-16-22)25(30)29(18-21-10-7-17-33-21)26-27-23-11-5-6-12-24(23)34-26/h5-7,10-17,20H,2-4,8-9,18H2,1H3. The average Bonchev–Trinajstić information content (AvgIpc) is 3.56. The molecule has 1 amide bonds. The van der Waals surface area contributed by atoms with Crippen LogP contribution >= 0.6 is 11.3 Å². The summed E-state index contributed by atoms with van der Waals surface area (Å²) in [6.45, 7) is 0.218. The van der Waals surface area contributed by atoms with E-state index in [1.807, 2.05) is 30.3 Å². The Hall–Kier alpha value is -3.01. The van der Waals surface area contributed by atoms with E-state index in [9.17, 15) is 13.2 Å². The number of thiazole rings is 1. The van der Waals surface area contributed by atoms with Crippen molar-refractivity contribution in [3.05, 3.63) is 78.3 Å². The summed E-state index contributed by atoms with van der Waals surface area (Å²) in [5.41, 5.74) is 1.20. The van der Waals surface area contributed by atoms with Gasteiger partial charge in [0, 0.05) is 18.7 Å². The number of furan rings is 1. The van der Waals surface area contributed by atoms with Crippen LogP contribution in [0.5, 0.6) is 0 Å².